The molecule has 14 unspecified atom stereocenters. The Balaban J connectivity index is 0.974. The molecule has 7 bridgehead atoms. The molecule has 10 N–H and O–H groups in total. The Morgan fingerprint density at radius 3 is 2.48 bits per heavy atom. The number of fused-ring (bicyclic) bond motifs is 6. The third kappa shape index (κ3) is 8.35. The van der Waals surface area contributed by atoms with Crippen molar-refractivity contribution < 1.29 is 59.5 Å². The first-order valence-corrected chi connectivity index (χ1v) is 31.7. The van der Waals surface area contributed by atoms with Crippen LogP contribution in [0, 0.1) is 82.4 Å². The number of ether oxygens (including phenoxy) is 1. The number of aromatic nitrogens is 2. The Morgan fingerprint density at radius 1 is 0.860 bits per heavy atom. The number of piperidine rings is 1. The van der Waals surface area contributed by atoms with Crippen molar-refractivity contribution in [3.05, 3.63) is 93.7 Å². The van der Waals surface area contributed by atoms with Crippen molar-refractivity contribution in [2.45, 2.75) is 171 Å². The van der Waals surface area contributed by atoms with Crippen LogP contribution in [0.4, 0.5) is 0 Å². The van der Waals surface area contributed by atoms with Crippen molar-refractivity contribution >= 4 is 38.6 Å². The summed E-state index contributed by atoms with van der Waals surface area (Å²) in [5.41, 5.74) is -1.71. The van der Waals surface area contributed by atoms with E-state index in [1.807, 2.05) is 18.5 Å². The minimum absolute atomic E-state index is 0.00516. The number of aliphatic hydroxyl groups is 5. The van der Waals surface area contributed by atoms with E-state index in [9.17, 15) is 40.5 Å². The number of hydrogen-bond acceptors (Lipinski definition) is 14. The second-order valence-electron chi connectivity index (χ2n) is 27.5. The van der Waals surface area contributed by atoms with E-state index < -0.39 is 65.6 Å². The van der Waals surface area contributed by atoms with Crippen LogP contribution in [0.5, 0.6) is 17.2 Å². The highest BCUT2D eigenvalue weighted by molar-refractivity contribution is 5.93. The third-order valence-electron chi connectivity index (χ3n) is 23.4. The lowest BCUT2D eigenvalue weighted by atomic mass is 9.41. The second kappa shape index (κ2) is 20.6. The number of rotatable bonds is 9. The fraction of sp³-hybridized carbons (Fsp3) is 0.565. The van der Waals surface area contributed by atoms with Gasteiger partial charge in [0.2, 0.25) is 5.91 Å². The summed E-state index contributed by atoms with van der Waals surface area (Å²) in [6.45, 7) is 4.11. The van der Waals surface area contributed by atoms with Gasteiger partial charge in [0.25, 0.3) is 0 Å². The van der Waals surface area contributed by atoms with Crippen LogP contribution < -0.4 is 20.8 Å². The molecule has 86 heavy (non-hydrogen) atoms. The van der Waals surface area contributed by atoms with E-state index in [1.165, 1.54) is 42.8 Å². The molecule has 1 amide bonds. The molecule has 3 aromatic carbocycles. The predicted molar refractivity (Wildman–Crippen MR) is 319 cm³/mol. The average molecular weight is 1170 g/mol. The Bertz CT molecular complexity index is 3910. The first kappa shape index (κ1) is 56.2. The van der Waals surface area contributed by atoms with Crippen molar-refractivity contribution in [1.82, 2.24) is 20.2 Å². The molecule has 16 rings (SSSR count). The molecule has 4 saturated carbocycles. The maximum atomic E-state index is 15.1. The summed E-state index contributed by atoms with van der Waals surface area (Å²) in [6, 6.07) is 12.6. The summed E-state index contributed by atoms with van der Waals surface area (Å²) >= 11 is 0. The van der Waals surface area contributed by atoms with Gasteiger partial charge < -0.3 is 65.1 Å². The maximum Gasteiger partial charge on any atom is 0.226 e. The van der Waals surface area contributed by atoms with E-state index in [2.05, 4.69) is 56.9 Å². The normalized spacial score (nSPS) is 34.1. The number of aliphatic hydroxyl groups excluding tert-OH is 4. The number of phenolic OH excluding ortho intramolecular Hbond substituents is 2. The van der Waals surface area contributed by atoms with Crippen molar-refractivity contribution in [3.63, 3.8) is 0 Å². The second-order valence-corrected chi connectivity index (χ2v) is 27.5. The molecule has 7 heterocycles. The van der Waals surface area contributed by atoms with Gasteiger partial charge >= 0.3 is 0 Å². The van der Waals surface area contributed by atoms with Crippen molar-refractivity contribution in [2.24, 2.45) is 51.8 Å². The van der Waals surface area contributed by atoms with Gasteiger partial charge in [0.1, 0.15) is 58.6 Å². The minimum Gasteiger partial charge on any atom is -0.508 e. The molecule has 6 aromatic rings. The maximum absolute atomic E-state index is 15.1. The molecule has 6 aliphatic carbocycles. The van der Waals surface area contributed by atoms with Crippen LogP contribution in [-0.2, 0) is 33.8 Å². The van der Waals surface area contributed by atoms with E-state index in [4.69, 9.17) is 18.9 Å². The van der Waals surface area contributed by atoms with Gasteiger partial charge in [0, 0.05) is 89.1 Å². The van der Waals surface area contributed by atoms with Gasteiger partial charge in [-0.1, -0.05) is 50.0 Å². The van der Waals surface area contributed by atoms with Crippen LogP contribution in [0.25, 0.3) is 38.3 Å². The zero-order chi connectivity index (χ0) is 59.2. The molecular weight excluding hydrogens is 1090 g/mol. The largest absolute Gasteiger partial charge is 0.508 e. The predicted octanol–water partition coefficient (Wildman–Crippen LogP) is 7.22. The monoisotopic (exact) mass is 1170 g/mol. The van der Waals surface area contributed by atoms with Gasteiger partial charge in [-0.05, 0) is 161 Å². The summed E-state index contributed by atoms with van der Waals surface area (Å²) in [5.74, 6) is 15.8. The topological polar surface area (TPSA) is 261 Å². The molecule has 6 fully saturated rings. The lowest BCUT2D eigenvalue weighted by Gasteiger charge is -2.66. The smallest absolute Gasteiger partial charge is 0.226 e. The van der Waals surface area contributed by atoms with E-state index in [-0.39, 0.29) is 70.3 Å². The molecule has 3 aromatic heterocycles. The number of H-pyrrole nitrogens is 1. The Morgan fingerprint density at radius 2 is 1.67 bits per heavy atom. The Labute approximate surface area is 498 Å². The number of benzene rings is 3. The first-order chi connectivity index (χ1) is 41.5. The zero-order valence-corrected chi connectivity index (χ0v) is 48.9. The quantitative estimate of drug-likeness (QED) is 0.0507. The molecule has 0 radical (unpaired) electrons. The number of aromatic hydroxyl groups is 2. The van der Waals surface area contributed by atoms with Gasteiger partial charge in [-0.15, -0.1) is 5.92 Å². The number of carbonyl (C=O) groups is 1. The minimum atomic E-state index is -2.65. The first-order valence-electron chi connectivity index (χ1n) is 31.7. The van der Waals surface area contributed by atoms with Crippen LogP contribution in [-0.4, -0.2) is 119 Å². The molecule has 17 nitrogen and oxygen atoms in total. The van der Waals surface area contributed by atoms with Gasteiger partial charge in [-0.3, -0.25) is 9.59 Å². The van der Waals surface area contributed by atoms with Crippen LogP contribution >= 0.6 is 0 Å². The van der Waals surface area contributed by atoms with E-state index in [0.29, 0.717) is 94.8 Å². The highest BCUT2D eigenvalue weighted by Crippen LogP contribution is 2.69. The molecule has 2 saturated heterocycles. The van der Waals surface area contributed by atoms with Crippen LogP contribution in [0.15, 0.2) is 70.1 Å². The molecular formula is C69H78N4O13. The van der Waals surface area contributed by atoms with Gasteiger partial charge in [-0.25, -0.2) is 9.78 Å². The molecule has 17 heteroatoms. The van der Waals surface area contributed by atoms with E-state index in [1.54, 1.807) is 6.92 Å². The molecule has 4 aliphatic heterocycles. The summed E-state index contributed by atoms with van der Waals surface area (Å²) in [5, 5.41) is 90.5. The molecule has 4 spiro atoms. The van der Waals surface area contributed by atoms with Gasteiger partial charge in [0.15, 0.2) is 22.9 Å². The van der Waals surface area contributed by atoms with Crippen molar-refractivity contribution in [1.29, 1.82) is 0 Å². The number of hydrogen-bond donors (Lipinski definition) is 10. The average Bonchev–Trinajstić information content (AvgIpc) is 0.959. The number of amides is 1. The van der Waals surface area contributed by atoms with Crippen LogP contribution in [0.1, 0.15) is 119 Å². The summed E-state index contributed by atoms with van der Waals surface area (Å²) in [7, 11) is 0. The SMILES string of the molecule is CCc1c2cc[nH]c2cn1-c1c2c(cc3c(=O)cc(C)oc13)CC1OOC(C(O)(Cc3ccc(O)c4ccc(O)cc34)C(O)C(O)C(O)CO)C#CCC3CCNC4C3CC35C#CC6(CCCCC6)C6CCC7(CC6)C(=O)NCC7C3CC1(O2)C4C5. The standard InChI is InChI=1S/C69H78N4O13/c1-3-52-44-17-25-70-51(44)35-73(52)59-61-40(27-46-54(77)26-37(2)83-62(46)59)28-57-69(84-61)33-48-50-34-72-64(81)67(50)20-14-41(15-21-67)65(18-5-4-6-19-65)22-23-66(48)31-47-38(16-24-71-58(47)49(69)32-66)8-7-9-56(85-86-57)68(82,63(80)60(79)55(78)36-74)30-39-10-13-53(76)43-12-11-42(75)29-45(39)43/h10-13,17,25-27,29,35,38,41,47-50,55-58,60,63,70-71,74-76,78-80,82H,3-6,8,14-16,18-21,24,28,30-34,36H2,1-2H3,(H,72,81). The number of phenols is 2. The number of carbonyl (C=O) groups excluding carboxylic acids is 1. The summed E-state index contributed by atoms with van der Waals surface area (Å²) in [4.78, 5) is 46.9. The lowest BCUT2D eigenvalue weighted by molar-refractivity contribution is -0.398. The molecule has 14 atom stereocenters. The fourth-order valence-electron chi connectivity index (χ4n) is 19.1. The highest BCUT2D eigenvalue weighted by Gasteiger charge is 2.71. The number of nitrogens with one attached hydrogen (secondary N) is 3. The number of aryl methyl sites for hydroxylation is 2. The number of nitrogens with zero attached hydrogens (tertiary/aromatic N) is 1. The van der Waals surface area contributed by atoms with Crippen molar-refractivity contribution in [3.8, 4) is 46.6 Å². The summed E-state index contributed by atoms with van der Waals surface area (Å²) < 4.78 is 17.2. The highest BCUT2D eigenvalue weighted by atomic mass is 17.2. The fourth-order valence-corrected chi connectivity index (χ4v) is 19.1. The zero-order valence-electron chi connectivity index (χ0n) is 48.9. The Hall–Kier alpha value is -6.38. The van der Waals surface area contributed by atoms with Crippen LogP contribution in [0.3, 0.4) is 0 Å². The lowest BCUT2D eigenvalue weighted by Crippen LogP contribution is -2.73. The van der Waals surface area contributed by atoms with Crippen molar-refractivity contribution in [2.75, 3.05) is 19.7 Å². The molecule has 452 valence electrons. The van der Waals surface area contributed by atoms with Crippen LogP contribution in [0.2, 0.25) is 0 Å². The van der Waals surface area contributed by atoms with Gasteiger partial charge in [0.05, 0.1) is 22.9 Å². The summed E-state index contributed by atoms with van der Waals surface area (Å²) in [6.07, 6.45) is 7.01. The third-order valence-corrected chi connectivity index (χ3v) is 23.4. The van der Waals surface area contributed by atoms with Gasteiger partial charge in [-0.2, -0.15) is 0 Å². The molecule has 10 aliphatic rings. The number of aromatic amines is 1. The Kier molecular flexibility index (Phi) is 13.5. The van der Waals surface area contributed by atoms with E-state index in [0.717, 1.165) is 80.8 Å². The van der Waals surface area contributed by atoms with E-state index >= 15 is 4.79 Å².